The Morgan fingerprint density at radius 3 is 2.16 bits per heavy atom. The van der Waals surface area contributed by atoms with Gasteiger partial charge in [0.2, 0.25) is 5.91 Å². The number of carbonyl (C=O) groups excluding carboxylic acids is 1. The van der Waals surface area contributed by atoms with E-state index in [0.29, 0.717) is 17.3 Å². The van der Waals surface area contributed by atoms with Crippen molar-refractivity contribution in [2.45, 2.75) is 19.5 Å². The van der Waals surface area contributed by atoms with Gasteiger partial charge in [-0.05, 0) is 41.8 Å². The van der Waals surface area contributed by atoms with Crippen LogP contribution in [0.15, 0.2) is 77.6 Å². The molecule has 4 aromatic rings. The van der Waals surface area contributed by atoms with Crippen LogP contribution in [0, 0.1) is 0 Å². The standard InChI is InChI=1S/C26H25N3O2/c30-25(27-14-16-28-15-13-19-7-1-2-8-20(19)17-28)18-29-23-11-5-3-9-21(23)26(31)22-10-4-6-12-24(22)29/h1-12H,13-18H2,(H,27,30). The van der Waals surface area contributed by atoms with E-state index in [-0.39, 0.29) is 17.9 Å². The summed E-state index contributed by atoms with van der Waals surface area (Å²) in [6, 6.07) is 23.6. The summed E-state index contributed by atoms with van der Waals surface area (Å²) in [5.41, 5.74) is 4.39. The van der Waals surface area contributed by atoms with E-state index in [9.17, 15) is 9.59 Å². The first-order valence-corrected chi connectivity index (χ1v) is 10.8. The number of fused-ring (bicyclic) bond motifs is 3. The van der Waals surface area contributed by atoms with Crippen molar-refractivity contribution in [1.29, 1.82) is 0 Å². The third kappa shape index (κ3) is 3.84. The van der Waals surface area contributed by atoms with Crippen LogP contribution in [0.3, 0.4) is 0 Å². The number of pyridine rings is 1. The molecule has 0 radical (unpaired) electrons. The highest BCUT2D eigenvalue weighted by atomic mass is 16.2. The van der Waals surface area contributed by atoms with E-state index in [1.807, 2.05) is 53.1 Å². The van der Waals surface area contributed by atoms with Crippen LogP contribution in [0.4, 0.5) is 0 Å². The molecule has 1 aliphatic rings. The average Bonchev–Trinajstić information content (AvgIpc) is 2.82. The van der Waals surface area contributed by atoms with E-state index in [0.717, 1.165) is 37.1 Å². The maximum absolute atomic E-state index is 12.8. The van der Waals surface area contributed by atoms with Crippen molar-refractivity contribution in [2.24, 2.45) is 0 Å². The number of benzene rings is 3. The van der Waals surface area contributed by atoms with Crippen molar-refractivity contribution in [3.63, 3.8) is 0 Å². The lowest BCUT2D eigenvalue weighted by molar-refractivity contribution is -0.121. The molecule has 0 spiro atoms. The van der Waals surface area contributed by atoms with Gasteiger partial charge in [-0.3, -0.25) is 14.5 Å². The Bertz CT molecular complexity index is 1270. The van der Waals surface area contributed by atoms with E-state index in [1.54, 1.807) is 0 Å². The van der Waals surface area contributed by atoms with E-state index >= 15 is 0 Å². The van der Waals surface area contributed by atoms with Gasteiger partial charge < -0.3 is 9.88 Å². The number of amides is 1. The molecular weight excluding hydrogens is 386 g/mol. The van der Waals surface area contributed by atoms with Gasteiger partial charge in [0, 0.05) is 37.0 Å². The van der Waals surface area contributed by atoms with Gasteiger partial charge in [0.05, 0.1) is 11.0 Å². The highest BCUT2D eigenvalue weighted by Crippen LogP contribution is 2.19. The largest absolute Gasteiger partial charge is 0.353 e. The van der Waals surface area contributed by atoms with Gasteiger partial charge in [0.25, 0.3) is 0 Å². The van der Waals surface area contributed by atoms with Crippen molar-refractivity contribution in [1.82, 2.24) is 14.8 Å². The smallest absolute Gasteiger partial charge is 0.240 e. The summed E-state index contributed by atoms with van der Waals surface area (Å²) in [4.78, 5) is 28.0. The molecule has 0 saturated carbocycles. The monoisotopic (exact) mass is 411 g/mol. The van der Waals surface area contributed by atoms with Crippen LogP contribution < -0.4 is 10.7 Å². The van der Waals surface area contributed by atoms with Crippen LogP contribution in [0.25, 0.3) is 21.8 Å². The molecule has 156 valence electrons. The zero-order valence-electron chi connectivity index (χ0n) is 17.4. The first-order chi connectivity index (χ1) is 15.2. The van der Waals surface area contributed by atoms with Gasteiger partial charge in [-0.1, -0.05) is 48.5 Å². The Hall–Kier alpha value is -3.44. The van der Waals surface area contributed by atoms with Gasteiger partial charge in [0.15, 0.2) is 5.43 Å². The molecule has 0 fully saturated rings. The lowest BCUT2D eigenvalue weighted by atomic mass is 10.00. The molecule has 5 rings (SSSR count). The van der Waals surface area contributed by atoms with Gasteiger partial charge in [-0.2, -0.15) is 0 Å². The maximum atomic E-state index is 12.8. The Balaban J connectivity index is 1.30. The second-order valence-corrected chi connectivity index (χ2v) is 8.09. The summed E-state index contributed by atoms with van der Waals surface area (Å²) < 4.78 is 1.94. The number of hydrogen-bond donors (Lipinski definition) is 1. The molecule has 0 unspecified atom stereocenters. The van der Waals surface area contributed by atoms with E-state index < -0.39 is 0 Å². The van der Waals surface area contributed by atoms with Crippen LogP contribution in [-0.2, 0) is 24.3 Å². The molecule has 5 heteroatoms. The quantitative estimate of drug-likeness (QED) is 0.513. The van der Waals surface area contributed by atoms with Crippen LogP contribution >= 0.6 is 0 Å². The molecule has 31 heavy (non-hydrogen) atoms. The van der Waals surface area contributed by atoms with Gasteiger partial charge in [-0.25, -0.2) is 0 Å². The third-order valence-electron chi connectivity index (χ3n) is 6.14. The molecule has 2 heterocycles. The molecule has 1 amide bonds. The molecule has 0 bridgehead atoms. The Morgan fingerprint density at radius 2 is 1.45 bits per heavy atom. The Morgan fingerprint density at radius 1 is 0.839 bits per heavy atom. The fourth-order valence-corrected chi connectivity index (χ4v) is 4.55. The van der Waals surface area contributed by atoms with E-state index in [4.69, 9.17) is 0 Å². The minimum absolute atomic E-state index is 0.00763. The number of para-hydroxylation sites is 2. The minimum Gasteiger partial charge on any atom is -0.353 e. The number of rotatable bonds is 5. The van der Waals surface area contributed by atoms with Crippen molar-refractivity contribution < 1.29 is 4.79 Å². The van der Waals surface area contributed by atoms with Crippen LogP contribution in [0.2, 0.25) is 0 Å². The molecule has 1 aliphatic heterocycles. The Labute approximate surface area is 180 Å². The molecule has 1 aromatic heterocycles. The highest BCUT2D eigenvalue weighted by molar-refractivity contribution is 5.94. The lowest BCUT2D eigenvalue weighted by Crippen LogP contribution is -2.38. The summed E-state index contributed by atoms with van der Waals surface area (Å²) >= 11 is 0. The minimum atomic E-state index is -0.0450. The first-order valence-electron chi connectivity index (χ1n) is 10.8. The highest BCUT2D eigenvalue weighted by Gasteiger charge is 2.16. The molecule has 0 saturated heterocycles. The summed E-state index contributed by atoms with van der Waals surface area (Å²) in [7, 11) is 0. The van der Waals surface area contributed by atoms with Crippen LogP contribution in [0.1, 0.15) is 11.1 Å². The van der Waals surface area contributed by atoms with Crippen LogP contribution in [0.5, 0.6) is 0 Å². The number of nitrogens with zero attached hydrogens (tertiary/aromatic N) is 2. The second-order valence-electron chi connectivity index (χ2n) is 8.09. The van der Waals surface area contributed by atoms with Crippen molar-refractivity contribution in [3.8, 4) is 0 Å². The fourth-order valence-electron chi connectivity index (χ4n) is 4.55. The zero-order valence-corrected chi connectivity index (χ0v) is 17.4. The number of hydrogen-bond acceptors (Lipinski definition) is 3. The zero-order chi connectivity index (χ0) is 21.2. The first kappa shape index (κ1) is 19.5. The number of carbonyl (C=O) groups is 1. The summed E-state index contributed by atoms with van der Waals surface area (Å²) in [5.74, 6) is -0.0450. The summed E-state index contributed by atoms with van der Waals surface area (Å²) in [6.45, 7) is 3.57. The SMILES string of the molecule is O=C(Cn1c2ccccc2c(=O)c2ccccc21)NCCN1CCc2ccccc2C1. The molecule has 0 aliphatic carbocycles. The number of aromatic nitrogens is 1. The summed E-state index contributed by atoms with van der Waals surface area (Å²) in [5, 5.41) is 4.35. The van der Waals surface area contributed by atoms with Crippen molar-refractivity contribution in [3.05, 3.63) is 94.1 Å². The van der Waals surface area contributed by atoms with Crippen molar-refractivity contribution in [2.75, 3.05) is 19.6 Å². The van der Waals surface area contributed by atoms with Crippen molar-refractivity contribution >= 4 is 27.7 Å². The third-order valence-corrected chi connectivity index (χ3v) is 6.14. The van der Waals surface area contributed by atoms with Gasteiger partial charge in [0.1, 0.15) is 6.54 Å². The molecule has 0 atom stereocenters. The number of nitrogens with one attached hydrogen (secondary N) is 1. The van der Waals surface area contributed by atoms with Gasteiger partial charge >= 0.3 is 0 Å². The van der Waals surface area contributed by atoms with E-state index in [2.05, 4.69) is 34.5 Å². The molecule has 3 aromatic carbocycles. The van der Waals surface area contributed by atoms with Crippen LogP contribution in [-0.4, -0.2) is 35.0 Å². The summed E-state index contributed by atoms with van der Waals surface area (Å²) in [6.07, 6.45) is 1.06. The average molecular weight is 412 g/mol. The normalized spacial score (nSPS) is 13.9. The van der Waals surface area contributed by atoms with Gasteiger partial charge in [-0.15, -0.1) is 0 Å². The predicted octanol–water partition coefficient (Wildman–Crippen LogP) is 3.33. The fraction of sp³-hybridized carbons (Fsp3) is 0.231. The molecular formula is C26H25N3O2. The maximum Gasteiger partial charge on any atom is 0.240 e. The molecule has 1 N–H and O–H groups in total. The molecule has 5 nitrogen and oxygen atoms in total. The topological polar surface area (TPSA) is 54.3 Å². The lowest BCUT2D eigenvalue weighted by Gasteiger charge is -2.28. The second kappa shape index (κ2) is 8.36. The Kier molecular flexibility index (Phi) is 5.26. The predicted molar refractivity (Wildman–Crippen MR) is 124 cm³/mol. The van der Waals surface area contributed by atoms with E-state index in [1.165, 1.54) is 11.1 Å².